The van der Waals surface area contributed by atoms with Gasteiger partial charge in [0.1, 0.15) is 18.2 Å². The van der Waals surface area contributed by atoms with E-state index in [9.17, 15) is 27.4 Å². The third-order valence-electron chi connectivity index (χ3n) is 7.65. The van der Waals surface area contributed by atoms with Gasteiger partial charge in [-0.15, -0.1) is 20.4 Å². The molecule has 1 aliphatic heterocycles. The van der Waals surface area contributed by atoms with Gasteiger partial charge in [0.15, 0.2) is 30.6 Å². The van der Waals surface area contributed by atoms with Crippen molar-refractivity contribution in [3.05, 3.63) is 11.6 Å². The van der Waals surface area contributed by atoms with Crippen LogP contribution in [0.1, 0.15) is 162 Å². The Hall–Kier alpha value is -3.70. The highest BCUT2D eigenvalue weighted by molar-refractivity contribution is 7.87. The molecule has 360 valence electrons. The maximum absolute atomic E-state index is 10.8. The summed E-state index contributed by atoms with van der Waals surface area (Å²) in [7, 11) is -7.69. The van der Waals surface area contributed by atoms with Gasteiger partial charge in [-0.05, 0) is 76.3 Å². The van der Waals surface area contributed by atoms with E-state index in [1.54, 1.807) is 13.7 Å². The van der Waals surface area contributed by atoms with E-state index < -0.39 is 33.6 Å². The molecule has 0 aromatic carbocycles. The van der Waals surface area contributed by atoms with Crippen molar-refractivity contribution < 1.29 is 51.8 Å². The second-order valence-electron chi connectivity index (χ2n) is 19.0. The van der Waals surface area contributed by atoms with E-state index >= 15 is 0 Å². The molecule has 0 fully saturated rings. The molecule has 3 rings (SSSR count). The Morgan fingerprint density at radius 3 is 1.44 bits per heavy atom. The molecule has 2 aromatic rings. The van der Waals surface area contributed by atoms with E-state index in [2.05, 4.69) is 60.0 Å². The predicted octanol–water partition coefficient (Wildman–Crippen LogP) is 6.39. The number of carbonyl (C=O) groups excluding carboxylic acids is 2. The summed E-state index contributed by atoms with van der Waals surface area (Å²) < 4.78 is 39.6. The van der Waals surface area contributed by atoms with E-state index in [0.29, 0.717) is 18.4 Å². The van der Waals surface area contributed by atoms with Crippen LogP contribution in [0.4, 0.5) is 0 Å². The summed E-state index contributed by atoms with van der Waals surface area (Å²) in [4.78, 5) is 53.5. The summed E-state index contributed by atoms with van der Waals surface area (Å²) in [6.07, 6.45) is 0. The van der Waals surface area contributed by atoms with Crippen LogP contribution in [0.15, 0.2) is 15.2 Å². The van der Waals surface area contributed by atoms with Crippen LogP contribution in [0.3, 0.4) is 0 Å². The van der Waals surface area contributed by atoms with E-state index in [4.69, 9.17) is 24.5 Å². The van der Waals surface area contributed by atoms with Crippen LogP contribution in [0.25, 0.3) is 0 Å². The first-order chi connectivity index (χ1) is 27.4. The van der Waals surface area contributed by atoms with Crippen LogP contribution < -0.4 is 0 Å². The molecule has 0 amide bonds. The number of amidine groups is 1. The number of azo groups is 1. The third-order valence-corrected chi connectivity index (χ3v) is 10.9. The van der Waals surface area contributed by atoms with Gasteiger partial charge in [-0.1, -0.05) is 89.9 Å². The van der Waals surface area contributed by atoms with Gasteiger partial charge in [-0.25, -0.2) is 9.67 Å². The number of carboxylic acids is 1. The summed E-state index contributed by atoms with van der Waals surface area (Å²) in [5.74, 6) is 2.39. The van der Waals surface area contributed by atoms with Crippen LogP contribution in [-0.2, 0) is 42.2 Å². The number of nitrogens with zero attached hydrogens (tertiary/aromatic N) is 11. The summed E-state index contributed by atoms with van der Waals surface area (Å²) in [6.45, 7) is 37.8. The van der Waals surface area contributed by atoms with Gasteiger partial charge in [-0.2, -0.15) is 18.3 Å². The standard InChI is InChI=1S/C7H12N4O.C6H10N4O2.C6H12O.C5H13BO.C5H9N3.C4H11O3P.C4H10O3S/c1-5(2)7-8-9-10-11(7)4-6(3)12;1-4(2)6-7-9-10(8-6)3-5(11)12;1-5(7)6(2,3)4;1-5(2,3)6(4)7;1-4(2)5-6-3-7-8-5;2*1-4(2,3)8(5,6)7/h5H,4H2,1-3H3;4H,3H2,1-2H3,(H,11,12);1-4H3;7H,1-4H3;4H,3H2,1-2H3;1-3H3,(H2,5,6,7);1-3H3,(H,5,6,7). The zero-order chi connectivity index (χ0) is 50.4. The number of rotatable bonds is 7. The minimum atomic E-state index is -3.85. The Bertz CT molecular complexity index is 1850. The molecule has 0 radical (unpaired) electrons. The Morgan fingerprint density at radius 2 is 1.23 bits per heavy atom. The maximum Gasteiger partial charge on any atom is 0.330 e. The minimum absolute atomic E-state index is 0.0556. The molecular formula is C37H77BN11O11PS. The monoisotopic (exact) mass is 926 g/mol. The Labute approximate surface area is 369 Å². The minimum Gasteiger partial charge on any atom is -0.480 e. The number of carboxylic acid groups (broad SMARTS) is 1. The van der Waals surface area contributed by atoms with Gasteiger partial charge in [0.2, 0.25) is 0 Å². The van der Waals surface area contributed by atoms with Crippen molar-refractivity contribution in [1.82, 2.24) is 40.4 Å². The molecule has 25 heteroatoms. The van der Waals surface area contributed by atoms with Gasteiger partial charge >= 0.3 is 13.6 Å². The summed E-state index contributed by atoms with van der Waals surface area (Å²) >= 11 is 0. The lowest BCUT2D eigenvalue weighted by atomic mass is 9.50. The number of aromatic nitrogens is 8. The number of hydrogen-bond acceptors (Lipinski definition) is 16. The average Bonchev–Trinajstić information content (AvgIpc) is 3.83. The molecule has 0 atom stereocenters. The zero-order valence-corrected chi connectivity index (χ0v) is 42.6. The van der Waals surface area contributed by atoms with Crippen LogP contribution in [-0.4, -0.2) is 120 Å². The highest BCUT2D eigenvalue weighted by atomic mass is 32.2. The fourth-order valence-electron chi connectivity index (χ4n) is 2.16. The summed E-state index contributed by atoms with van der Waals surface area (Å²) in [5.41, 5.74) is -0.139. The first-order valence-electron chi connectivity index (χ1n) is 19.8. The number of ketones is 2. The molecular weight excluding hydrogens is 848 g/mol. The number of hydrogen-bond donors (Lipinski definition) is 5. The Morgan fingerprint density at radius 1 is 0.806 bits per heavy atom. The van der Waals surface area contributed by atoms with Crippen LogP contribution in [0.2, 0.25) is 12.1 Å². The fourth-order valence-corrected chi connectivity index (χ4v) is 2.16. The normalized spacial score (nSPS) is 12.6. The van der Waals surface area contributed by atoms with Crippen molar-refractivity contribution >= 4 is 48.0 Å². The van der Waals surface area contributed by atoms with E-state index in [1.807, 2.05) is 69.2 Å². The molecule has 5 N–H and O–H groups in total. The molecule has 0 saturated carbocycles. The zero-order valence-electron chi connectivity index (χ0n) is 40.9. The van der Waals surface area contributed by atoms with Crippen molar-refractivity contribution in [2.75, 3.05) is 6.67 Å². The lowest BCUT2D eigenvalue weighted by Gasteiger charge is -2.18. The van der Waals surface area contributed by atoms with E-state index in [0.717, 1.165) is 16.5 Å². The number of carbonyl (C=O) groups is 3. The van der Waals surface area contributed by atoms with Gasteiger partial charge in [0, 0.05) is 23.2 Å². The van der Waals surface area contributed by atoms with Crippen molar-refractivity contribution in [2.45, 2.75) is 185 Å². The molecule has 0 spiro atoms. The molecule has 0 bridgehead atoms. The van der Waals surface area contributed by atoms with Crippen molar-refractivity contribution in [2.24, 2.45) is 26.6 Å². The third kappa shape index (κ3) is 32.9. The van der Waals surface area contributed by atoms with E-state index in [-0.39, 0.29) is 54.1 Å². The quantitative estimate of drug-likeness (QED) is 0.114. The summed E-state index contributed by atoms with van der Waals surface area (Å²) in [6, 6.07) is 0. The van der Waals surface area contributed by atoms with Crippen LogP contribution in [0.5, 0.6) is 0 Å². The SMILES string of the molecule is CB(O)C(C)(C)C.CC(=O)C(C)(C)C.CC(=O)Cn1nnnc1C(C)C.CC(C)(C)P(=O)(O)O.CC(C)(C)S(=O)(=O)O.CC(C)C1=NCN=N1.CC(C)c1nnn(CC(=O)O)n1. The lowest BCUT2D eigenvalue weighted by molar-refractivity contribution is -0.138. The maximum atomic E-state index is 10.8. The van der Waals surface area contributed by atoms with Crippen LogP contribution in [0, 0.1) is 11.3 Å². The smallest absolute Gasteiger partial charge is 0.330 e. The average molecular weight is 926 g/mol. The molecule has 22 nitrogen and oxygen atoms in total. The van der Waals surface area contributed by atoms with Gasteiger partial charge in [0.05, 0.1) is 9.90 Å². The molecule has 3 heterocycles. The van der Waals surface area contributed by atoms with Gasteiger partial charge in [0.25, 0.3) is 17.0 Å². The molecule has 62 heavy (non-hydrogen) atoms. The van der Waals surface area contributed by atoms with Gasteiger partial charge in [-0.3, -0.25) is 23.5 Å². The van der Waals surface area contributed by atoms with Crippen molar-refractivity contribution in [3.8, 4) is 0 Å². The second kappa shape index (κ2) is 28.2. The Kier molecular flexibility index (Phi) is 29.5. The number of aliphatic imine (C=N–C) groups is 1. The van der Waals surface area contributed by atoms with Crippen LogP contribution >= 0.6 is 7.60 Å². The second-order valence-corrected chi connectivity index (χ2v) is 23.6. The fraction of sp³-hybridized carbons (Fsp3) is 0.838. The van der Waals surface area contributed by atoms with Gasteiger partial charge < -0.3 is 19.9 Å². The van der Waals surface area contributed by atoms with E-state index in [1.165, 1.54) is 53.1 Å². The highest BCUT2D eigenvalue weighted by Crippen LogP contribution is 2.49. The number of tetrazole rings is 2. The molecule has 1 aliphatic rings. The molecule has 0 unspecified atom stereocenters. The highest BCUT2D eigenvalue weighted by Gasteiger charge is 2.32. The topological polar surface area (TPSA) is 328 Å². The lowest BCUT2D eigenvalue weighted by Crippen LogP contribution is -2.26. The molecule has 2 aromatic heterocycles. The Balaban J connectivity index is -0.000000321. The largest absolute Gasteiger partial charge is 0.480 e. The molecule has 0 saturated heterocycles. The predicted molar refractivity (Wildman–Crippen MR) is 241 cm³/mol. The first kappa shape index (κ1) is 64.9. The van der Waals surface area contributed by atoms with Crippen molar-refractivity contribution in [1.29, 1.82) is 0 Å². The summed E-state index contributed by atoms with van der Waals surface area (Å²) in [5, 5.41) is 46.1. The number of Topliss-reactive ketones (excluding diaryl/α,β-unsaturated/α-hetero) is 2. The molecule has 0 aliphatic carbocycles. The number of aliphatic carboxylic acids is 1. The van der Waals surface area contributed by atoms with Crippen molar-refractivity contribution in [3.63, 3.8) is 0 Å². The first-order valence-corrected chi connectivity index (χ1v) is 22.8.